The molecule has 1 aliphatic rings. The molecule has 8 heteroatoms. The molecule has 2 aromatic heterocycles. The first-order valence-corrected chi connectivity index (χ1v) is 9.72. The second-order valence-electron chi connectivity index (χ2n) is 7.83. The van der Waals surface area contributed by atoms with Crippen molar-refractivity contribution in [3.8, 4) is 5.69 Å². The van der Waals surface area contributed by atoms with Gasteiger partial charge in [0.15, 0.2) is 5.69 Å². The number of nitrogens with zero attached hydrogens (tertiary/aromatic N) is 4. The summed E-state index contributed by atoms with van der Waals surface area (Å²) >= 11 is 0. The van der Waals surface area contributed by atoms with Crippen LogP contribution in [0.4, 0.5) is 0 Å². The van der Waals surface area contributed by atoms with Crippen molar-refractivity contribution in [2.24, 2.45) is 5.92 Å². The summed E-state index contributed by atoms with van der Waals surface area (Å²) in [5.74, 6) is -1.04. The molecule has 4 rings (SSSR count). The van der Waals surface area contributed by atoms with Crippen molar-refractivity contribution in [1.82, 2.24) is 25.3 Å². The number of benzene rings is 1. The molecule has 29 heavy (non-hydrogen) atoms. The van der Waals surface area contributed by atoms with E-state index in [1.165, 1.54) is 0 Å². The highest BCUT2D eigenvalue weighted by atomic mass is 16.4. The lowest BCUT2D eigenvalue weighted by molar-refractivity contribution is -0.146. The Kier molecular flexibility index (Phi) is 4.77. The lowest BCUT2D eigenvalue weighted by Crippen LogP contribution is -2.56. The van der Waals surface area contributed by atoms with Crippen molar-refractivity contribution in [2.75, 3.05) is 0 Å². The van der Waals surface area contributed by atoms with Gasteiger partial charge >= 0.3 is 5.97 Å². The Labute approximate surface area is 167 Å². The Morgan fingerprint density at radius 3 is 2.72 bits per heavy atom. The fourth-order valence-corrected chi connectivity index (χ4v) is 3.98. The molecule has 1 aliphatic carbocycles. The van der Waals surface area contributed by atoms with E-state index in [4.69, 9.17) is 0 Å². The van der Waals surface area contributed by atoms with Gasteiger partial charge < -0.3 is 10.4 Å². The van der Waals surface area contributed by atoms with Crippen LogP contribution in [0.2, 0.25) is 0 Å². The standard InChI is InChI=1S/C21H23N5O3/c1-13-6-9-21(10-7-13,20(28)29)23-19(27)18-14(2)26(25-24-18)17-5-3-4-15-12-22-11-8-16(15)17/h3-5,8,11-13H,6-7,9-10H2,1-2H3,(H,23,27)(H,28,29). The van der Waals surface area contributed by atoms with Gasteiger partial charge in [-0.25, -0.2) is 9.48 Å². The average molecular weight is 393 g/mol. The summed E-state index contributed by atoms with van der Waals surface area (Å²) in [6.07, 6.45) is 5.83. The van der Waals surface area contributed by atoms with E-state index >= 15 is 0 Å². The summed E-state index contributed by atoms with van der Waals surface area (Å²) in [6.45, 7) is 3.86. The molecular formula is C21H23N5O3. The molecule has 2 heterocycles. The SMILES string of the molecule is Cc1c(C(=O)NC2(C(=O)O)CCC(C)CC2)nnn1-c1cccc2cnccc12. The molecule has 2 N–H and O–H groups in total. The number of carboxylic acids is 1. The van der Waals surface area contributed by atoms with Gasteiger partial charge in [0, 0.05) is 23.2 Å². The highest BCUT2D eigenvalue weighted by molar-refractivity contribution is 5.97. The first kappa shape index (κ1) is 19.0. The lowest BCUT2D eigenvalue weighted by atomic mass is 9.77. The van der Waals surface area contributed by atoms with Crippen LogP contribution in [0.5, 0.6) is 0 Å². The number of carboxylic acid groups (broad SMARTS) is 1. The Balaban J connectivity index is 1.66. The summed E-state index contributed by atoms with van der Waals surface area (Å²) in [5.41, 5.74) is 0.227. The summed E-state index contributed by atoms with van der Waals surface area (Å²) in [6, 6.07) is 7.62. The molecule has 1 saturated carbocycles. The molecule has 0 saturated heterocycles. The third-order valence-electron chi connectivity index (χ3n) is 5.89. The number of aliphatic carboxylic acids is 1. The van der Waals surface area contributed by atoms with Crippen LogP contribution in [-0.4, -0.2) is 42.5 Å². The quantitative estimate of drug-likeness (QED) is 0.705. The van der Waals surface area contributed by atoms with Crippen LogP contribution in [0, 0.1) is 12.8 Å². The Morgan fingerprint density at radius 1 is 1.24 bits per heavy atom. The molecular weight excluding hydrogens is 370 g/mol. The first-order chi connectivity index (χ1) is 13.9. The molecule has 1 aromatic carbocycles. The van der Waals surface area contributed by atoms with Crippen molar-refractivity contribution < 1.29 is 14.7 Å². The van der Waals surface area contributed by atoms with Crippen molar-refractivity contribution in [3.05, 3.63) is 48.0 Å². The van der Waals surface area contributed by atoms with Gasteiger partial charge in [0.25, 0.3) is 5.91 Å². The minimum absolute atomic E-state index is 0.135. The number of hydrogen-bond donors (Lipinski definition) is 2. The predicted molar refractivity (Wildman–Crippen MR) is 107 cm³/mol. The number of amides is 1. The van der Waals surface area contributed by atoms with Crippen molar-refractivity contribution in [3.63, 3.8) is 0 Å². The zero-order valence-corrected chi connectivity index (χ0v) is 16.4. The van der Waals surface area contributed by atoms with Gasteiger partial charge in [-0.3, -0.25) is 9.78 Å². The summed E-state index contributed by atoms with van der Waals surface area (Å²) in [4.78, 5) is 29.0. The van der Waals surface area contributed by atoms with E-state index in [2.05, 4.69) is 27.5 Å². The van der Waals surface area contributed by atoms with Crippen LogP contribution in [0.15, 0.2) is 36.7 Å². The minimum atomic E-state index is -1.25. The van der Waals surface area contributed by atoms with Gasteiger partial charge in [-0.2, -0.15) is 0 Å². The second-order valence-corrected chi connectivity index (χ2v) is 7.83. The minimum Gasteiger partial charge on any atom is -0.480 e. The summed E-state index contributed by atoms with van der Waals surface area (Å²) in [7, 11) is 0. The predicted octanol–water partition coefficient (Wildman–Crippen LogP) is 2.89. The zero-order chi connectivity index (χ0) is 20.6. The third kappa shape index (κ3) is 3.35. The zero-order valence-electron chi connectivity index (χ0n) is 16.4. The maximum atomic E-state index is 12.9. The van der Waals surface area contributed by atoms with Gasteiger partial charge in [0.2, 0.25) is 0 Å². The van der Waals surface area contributed by atoms with Crippen LogP contribution in [-0.2, 0) is 4.79 Å². The molecule has 0 spiro atoms. The Bertz CT molecular complexity index is 1080. The van der Waals surface area contributed by atoms with Gasteiger partial charge in [-0.1, -0.05) is 24.3 Å². The fraction of sp³-hybridized carbons (Fsp3) is 0.381. The second kappa shape index (κ2) is 7.27. The van der Waals surface area contributed by atoms with Crippen LogP contribution in [0.3, 0.4) is 0 Å². The third-order valence-corrected chi connectivity index (χ3v) is 5.89. The van der Waals surface area contributed by atoms with Crippen molar-refractivity contribution in [2.45, 2.75) is 45.1 Å². The molecule has 0 bridgehead atoms. The number of pyridine rings is 1. The van der Waals surface area contributed by atoms with E-state index in [1.54, 1.807) is 24.0 Å². The van der Waals surface area contributed by atoms with E-state index in [-0.39, 0.29) is 5.69 Å². The normalized spacial score (nSPS) is 21.8. The maximum Gasteiger partial charge on any atom is 0.329 e. The van der Waals surface area contributed by atoms with E-state index < -0.39 is 17.4 Å². The van der Waals surface area contributed by atoms with E-state index in [1.807, 2.05) is 24.3 Å². The highest BCUT2D eigenvalue weighted by Gasteiger charge is 2.43. The van der Waals surface area contributed by atoms with Crippen LogP contribution in [0.1, 0.15) is 48.8 Å². The largest absolute Gasteiger partial charge is 0.480 e. The van der Waals surface area contributed by atoms with E-state index in [9.17, 15) is 14.7 Å². The molecule has 1 fully saturated rings. The number of carbonyl (C=O) groups excluding carboxylic acids is 1. The van der Waals surface area contributed by atoms with Gasteiger partial charge in [0.1, 0.15) is 5.54 Å². The number of fused-ring (bicyclic) bond motifs is 1. The average Bonchev–Trinajstić information content (AvgIpc) is 3.10. The number of carbonyl (C=O) groups is 2. The molecule has 150 valence electrons. The topological polar surface area (TPSA) is 110 Å². The van der Waals surface area contributed by atoms with Gasteiger partial charge in [-0.05, 0) is 50.7 Å². The number of rotatable bonds is 4. The molecule has 1 amide bonds. The molecule has 3 aromatic rings. The van der Waals surface area contributed by atoms with Gasteiger partial charge in [-0.15, -0.1) is 5.10 Å². The fourth-order valence-electron chi connectivity index (χ4n) is 3.98. The molecule has 0 atom stereocenters. The summed E-state index contributed by atoms with van der Waals surface area (Å²) < 4.78 is 1.60. The molecule has 0 aliphatic heterocycles. The first-order valence-electron chi connectivity index (χ1n) is 9.72. The maximum absolute atomic E-state index is 12.9. The van der Waals surface area contributed by atoms with Gasteiger partial charge in [0.05, 0.1) is 11.4 Å². The number of nitrogens with one attached hydrogen (secondary N) is 1. The highest BCUT2D eigenvalue weighted by Crippen LogP contribution is 2.32. The summed E-state index contributed by atoms with van der Waals surface area (Å²) in [5, 5.41) is 22.6. The Hall–Kier alpha value is -3.29. The molecule has 8 nitrogen and oxygen atoms in total. The number of aromatic nitrogens is 4. The monoisotopic (exact) mass is 393 g/mol. The van der Waals surface area contributed by atoms with Crippen molar-refractivity contribution >= 4 is 22.6 Å². The van der Waals surface area contributed by atoms with Crippen molar-refractivity contribution in [1.29, 1.82) is 0 Å². The smallest absolute Gasteiger partial charge is 0.329 e. The van der Waals surface area contributed by atoms with Crippen LogP contribution >= 0.6 is 0 Å². The Morgan fingerprint density at radius 2 is 2.00 bits per heavy atom. The molecule has 0 radical (unpaired) electrons. The number of hydrogen-bond acceptors (Lipinski definition) is 5. The molecule has 0 unspecified atom stereocenters. The van der Waals surface area contributed by atoms with Crippen LogP contribution in [0.25, 0.3) is 16.5 Å². The lowest BCUT2D eigenvalue weighted by Gasteiger charge is -2.36. The van der Waals surface area contributed by atoms with Crippen LogP contribution < -0.4 is 5.32 Å². The van der Waals surface area contributed by atoms with E-state index in [0.29, 0.717) is 24.5 Å². The van der Waals surface area contributed by atoms with E-state index in [0.717, 1.165) is 29.3 Å².